The van der Waals surface area contributed by atoms with Gasteiger partial charge in [-0.15, -0.1) is 0 Å². The zero-order valence-electron chi connectivity index (χ0n) is 23.8. The van der Waals surface area contributed by atoms with E-state index in [-0.39, 0.29) is 62.0 Å². The summed E-state index contributed by atoms with van der Waals surface area (Å²) in [5, 5.41) is 14.3. The number of aliphatic hydroxyl groups excluding tert-OH is 1. The van der Waals surface area contributed by atoms with Crippen molar-refractivity contribution in [3.63, 3.8) is 0 Å². The first-order chi connectivity index (χ1) is 18.6. The Morgan fingerprint density at radius 2 is 1.56 bits per heavy atom. The third kappa shape index (κ3) is 20.2. The van der Waals surface area contributed by atoms with Gasteiger partial charge in [-0.3, -0.25) is 0 Å². The summed E-state index contributed by atoms with van der Waals surface area (Å²) in [5.74, 6) is -0.588. The number of carbonyl (C=O) groups excluding carboxylic acids is 3. The Morgan fingerprint density at radius 1 is 0.949 bits per heavy atom. The van der Waals surface area contributed by atoms with E-state index < -0.39 is 29.9 Å². The number of alkyl carbamates (subject to hydrolysis) is 2. The fraction of sp³-hybridized carbons (Fsp3) is 0.731. The maximum absolute atomic E-state index is 12.2. The Bertz CT molecular complexity index is 725. The Morgan fingerprint density at radius 3 is 2.10 bits per heavy atom. The highest BCUT2D eigenvalue weighted by atomic mass is 28.2. The molecule has 224 valence electrons. The molecule has 0 radical (unpaired) electrons. The molecule has 12 nitrogen and oxygen atoms in total. The van der Waals surface area contributed by atoms with Gasteiger partial charge in [0.1, 0.15) is 19.8 Å². The number of nitrogens with one attached hydrogen (secondary N) is 2. The first kappa shape index (κ1) is 36.5. The Hall–Kier alpha value is -2.45. The van der Waals surface area contributed by atoms with E-state index in [1.165, 1.54) is 6.08 Å². The lowest BCUT2D eigenvalue weighted by Gasteiger charge is -2.31. The number of carbonyl (C=O) groups is 3. The molecule has 0 fully saturated rings. The van der Waals surface area contributed by atoms with E-state index >= 15 is 0 Å². The van der Waals surface area contributed by atoms with Crippen LogP contribution in [0.5, 0.6) is 0 Å². The van der Waals surface area contributed by atoms with Crippen LogP contribution in [0, 0.1) is 5.41 Å². The van der Waals surface area contributed by atoms with E-state index in [0.29, 0.717) is 18.6 Å². The lowest BCUT2D eigenvalue weighted by Crippen LogP contribution is -2.41. The fourth-order valence-electron chi connectivity index (χ4n) is 2.89. The first-order valence-corrected chi connectivity index (χ1v) is 14.3. The molecule has 3 atom stereocenters. The van der Waals surface area contributed by atoms with Gasteiger partial charge in [-0.1, -0.05) is 20.1 Å². The van der Waals surface area contributed by atoms with Crippen LogP contribution in [0.25, 0.3) is 0 Å². The summed E-state index contributed by atoms with van der Waals surface area (Å²) < 4.78 is 32.2. The maximum Gasteiger partial charge on any atom is 0.462 e. The van der Waals surface area contributed by atoms with E-state index in [2.05, 4.69) is 30.7 Å². The molecule has 0 bridgehead atoms. The largest absolute Gasteiger partial charge is 0.462 e. The molecule has 0 aromatic heterocycles. The quantitative estimate of drug-likeness (QED) is 0.0315. The lowest BCUT2D eigenvalue weighted by atomic mass is 9.88. The van der Waals surface area contributed by atoms with Crippen molar-refractivity contribution in [3.8, 4) is 0 Å². The number of esters is 1. The van der Waals surface area contributed by atoms with Gasteiger partial charge in [0.05, 0.1) is 36.8 Å². The molecule has 0 rings (SSSR count). The van der Waals surface area contributed by atoms with Gasteiger partial charge in [0.2, 0.25) is 0 Å². The van der Waals surface area contributed by atoms with Crippen LogP contribution < -0.4 is 10.6 Å². The van der Waals surface area contributed by atoms with Crippen molar-refractivity contribution < 1.29 is 47.6 Å². The molecule has 3 N–H and O–H groups in total. The summed E-state index contributed by atoms with van der Waals surface area (Å²) in [5.41, 5.74) is -0.301. The SMILES string of the molecule is C=CC(=O)OCCNC(=O)OCC(CC)(COCCCC(C)[SiH+]OC(C)C)COC(=O)NCCOC(O)C=C. The van der Waals surface area contributed by atoms with Gasteiger partial charge in [0, 0.05) is 19.2 Å². The molecule has 0 aliphatic carbocycles. The van der Waals surface area contributed by atoms with E-state index in [4.69, 9.17) is 28.1 Å². The van der Waals surface area contributed by atoms with Gasteiger partial charge < -0.3 is 39.4 Å². The number of hydrogen-bond donors (Lipinski definition) is 3. The Kier molecular flexibility index (Phi) is 21.0. The van der Waals surface area contributed by atoms with E-state index in [1.54, 1.807) is 0 Å². The Labute approximate surface area is 234 Å². The topological polar surface area (TPSA) is 151 Å². The molecule has 0 heterocycles. The third-order valence-corrected chi connectivity index (χ3v) is 6.85. The van der Waals surface area contributed by atoms with Crippen LogP contribution in [0.15, 0.2) is 25.3 Å². The van der Waals surface area contributed by atoms with Crippen LogP contribution in [-0.4, -0.2) is 98.2 Å². The van der Waals surface area contributed by atoms with Crippen molar-refractivity contribution >= 4 is 27.9 Å². The minimum Gasteiger partial charge on any atom is -0.461 e. The molecule has 0 spiro atoms. The molecule has 0 saturated carbocycles. The van der Waals surface area contributed by atoms with Crippen LogP contribution in [0.4, 0.5) is 9.59 Å². The molecule has 0 aliphatic heterocycles. The van der Waals surface area contributed by atoms with Gasteiger partial charge in [0.15, 0.2) is 6.29 Å². The second-order valence-electron chi connectivity index (χ2n) is 9.22. The van der Waals surface area contributed by atoms with Crippen LogP contribution in [0.2, 0.25) is 5.54 Å². The van der Waals surface area contributed by atoms with Crippen molar-refractivity contribution in [3.05, 3.63) is 25.3 Å². The molecule has 13 heteroatoms. The molecule has 0 aliphatic rings. The second-order valence-corrected chi connectivity index (χ2v) is 10.9. The van der Waals surface area contributed by atoms with Crippen molar-refractivity contribution in [2.75, 3.05) is 52.7 Å². The van der Waals surface area contributed by atoms with Crippen molar-refractivity contribution in [2.45, 2.75) is 64.9 Å². The van der Waals surface area contributed by atoms with Crippen LogP contribution in [0.3, 0.4) is 0 Å². The van der Waals surface area contributed by atoms with E-state index in [9.17, 15) is 19.5 Å². The predicted molar refractivity (Wildman–Crippen MR) is 148 cm³/mol. The second kappa shape index (κ2) is 22.4. The predicted octanol–water partition coefficient (Wildman–Crippen LogP) is 2.47. The molecule has 39 heavy (non-hydrogen) atoms. The highest BCUT2D eigenvalue weighted by Gasteiger charge is 2.33. The highest BCUT2D eigenvalue weighted by molar-refractivity contribution is 6.29. The lowest BCUT2D eigenvalue weighted by molar-refractivity contribution is -0.137. The fourth-order valence-corrected chi connectivity index (χ4v) is 3.84. The summed E-state index contributed by atoms with van der Waals surface area (Å²) >= 11 is 0. The summed E-state index contributed by atoms with van der Waals surface area (Å²) in [6.07, 6.45) is 2.30. The minimum atomic E-state index is -1.11. The molecule has 0 saturated heterocycles. The Balaban J connectivity index is 4.79. The molecular weight excluding hydrogens is 528 g/mol. The zero-order chi connectivity index (χ0) is 29.5. The summed E-state index contributed by atoms with van der Waals surface area (Å²) in [6.45, 7) is 15.6. The van der Waals surface area contributed by atoms with Gasteiger partial charge in [0.25, 0.3) is 0 Å². The summed E-state index contributed by atoms with van der Waals surface area (Å²) in [7, 11) is -0.0776. The number of aliphatic hydroxyl groups is 1. The molecule has 2 amide bonds. The van der Waals surface area contributed by atoms with Gasteiger partial charge in [-0.25, -0.2) is 18.8 Å². The van der Waals surface area contributed by atoms with Gasteiger partial charge in [-0.2, -0.15) is 0 Å². The molecule has 3 unspecified atom stereocenters. The van der Waals surface area contributed by atoms with Crippen LogP contribution in [0.1, 0.15) is 47.0 Å². The number of hydrogen-bond acceptors (Lipinski definition) is 10. The number of rotatable bonds is 23. The van der Waals surface area contributed by atoms with Crippen molar-refractivity contribution in [1.29, 1.82) is 0 Å². The number of ether oxygens (including phenoxy) is 5. The van der Waals surface area contributed by atoms with Gasteiger partial charge in [-0.05, 0) is 46.1 Å². The van der Waals surface area contributed by atoms with Crippen LogP contribution in [-0.2, 0) is 32.9 Å². The first-order valence-electron chi connectivity index (χ1n) is 13.2. The molecule has 0 aromatic rings. The van der Waals surface area contributed by atoms with Crippen molar-refractivity contribution in [1.82, 2.24) is 10.6 Å². The standard InChI is InChI=1S/C26H46N2O10Si/c1-7-22(29)34-15-12-27-24(31)36-18-26(9-3,17-33-14-10-11-21(6)39-38-20(4)5)19-37-25(32)28-13-16-35-23(30)8-2/h7-8,20-22,29,39H,1-2,9-19H2,3-6H3,(H-,27,28,31,32)/p+1. The maximum atomic E-state index is 12.2. The summed E-state index contributed by atoms with van der Waals surface area (Å²) in [6, 6.07) is 0. The smallest absolute Gasteiger partial charge is 0.461 e. The molecular formula is C26H47N2O10Si+. The number of amides is 2. The van der Waals surface area contributed by atoms with E-state index in [0.717, 1.165) is 18.9 Å². The zero-order valence-corrected chi connectivity index (χ0v) is 24.9. The van der Waals surface area contributed by atoms with Gasteiger partial charge >= 0.3 is 27.9 Å². The third-order valence-electron chi connectivity index (χ3n) is 5.35. The van der Waals surface area contributed by atoms with Crippen LogP contribution >= 0.6 is 0 Å². The van der Waals surface area contributed by atoms with Crippen molar-refractivity contribution in [2.24, 2.45) is 5.41 Å². The minimum absolute atomic E-state index is 0.0266. The molecule has 0 aromatic carbocycles. The van der Waals surface area contributed by atoms with E-state index in [1.807, 2.05) is 20.8 Å². The average molecular weight is 576 g/mol. The monoisotopic (exact) mass is 575 g/mol. The summed E-state index contributed by atoms with van der Waals surface area (Å²) in [4.78, 5) is 35.4. The highest BCUT2D eigenvalue weighted by Crippen LogP contribution is 2.25. The normalized spacial score (nSPS) is 13.9. The average Bonchev–Trinajstić information content (AvgIpc) is 2.92.